The van der Waals surface area contributed by atoms with Crippen LogP contribution < -0.4 is 11.1 Å². The number of rotatable bonds is 7. The number of aromatic hydroxyl groups is 1. The molecule has 178 valence electrons. The SMILES string of the molecule is CC[C@H]1CCC(CN2Cc3ccc(O)c(F)c3C2)CC1c1cccc(C[C@H](N)C(=O)NC)c1. The Kier molecular flexibility index (Phi) is 7.35. The average molecular weight is 454 g/mol. The van der Waals surface area contributed by atoms with Crippen molar-refractivity contribution >= 4 is 5.91 Å². The number of fused-ring (bicyclic) bond motifs is 1. The molecule has 4 atom stereocenters. The molecular weight excluding hydrogens is 417 g/mol. The van der Waals surface area contributed by atoms with Gasteiger partial charge in [-0.1, -0.05) is 43.7 Å². The third-order valence-corrected chi connectivity index (χ3v) is 7.66. The summed E-state index contributed by atoms with van der Waals surface area (Å²) in [5.74, 6) is 0.830. The molecule has 0 bridgehead atoms. The zero-order chi connectivity index (χ0) is 23.5. The van der Waals surface area contributed by atoms with Crippen molar-refractivity contribution in [3.63, 3.8) is 0 Å². The lowest BCUT2D eigenvalue weighted by Gasteiger charge is -2.38. The number of amides is 1. The Balaban J connectivity index is 1.44. The molecule has 0 saturated heterocycles. The Morgan fingerprint density at radius 3 is 2.85 bits per heavy atom. The smallest absolute Gasteiger partial charge is 0.237 e. The third-order valence-electron chi connectivity index (χ3n) is 7.66. The van der Waals surface area contributed by atoms with Gasteiger partial charge in [-0.15, -0.1) is 0 Å². The summed E-state index contributed by atoms with van der Waals surface area (Å²) < 4.78 is 14.3. The van der Waals surface area contributed by atoms with E-state index in [9.17, 15) is 14.3 Å². The van der Waals surface area contributed by atoms with Crippen LogP contribution in [0, 0.1) is 17.7 Å². The number of phenolic OH excluding ortho intramolecular Hbond substituents is 1. The molecule has 4 rings (SSSR count). The second-order valence-electron chi connectivity index (χ2n) is 9.83. The van der Waals surface area contributed by atoms with Crippen molar-refractivity contribution < 1.29 is 14.3 Å². The molecule has 0 radical (unpaired) electrons. The van der Waals surface area contributed by atoms with E-state index in [4.69, 9.17) is 5.73 Å². The van der Waals surface area contributed by atoms with Crippen LogP contribution in [-0.4, -0.2) is 35.5 Å². The molecular formula is C27H36FN3O2. The minimum atomic E-state index is -0.539. The lowest BCUT2D eigenvalue weighted by atomic mass is 9.70. The number of nitrogens with zero attached hydrogens (tertiary/aromatic N) is 1. The fourth-order valence-electron chi connectivity index (χ4n) is 5.85. The number of carbonyl (C=O) groups excluding carboxylic acids is 1. The number of phenols is 1. The maximum atomic E-state index is 14.3. The fourth-order valence-corrected chi connectivity index (χ4v) is 5.85. The number of hydrogen-bond acceptors (Lipinski definition) is 4. The van der Waals surface area contributed by atoms with Crippen LogP contribution in [0.25, 0.3) is 0 Å². The van der Waals surface area contributed by atoms with Gasteiger partial charge in [0.15, 0.2) is 11.6 Å². The lowest BCUT2D eigenvalue weighted by Crippen LogP contribution is -2.40. The fraction of sp³-hybridized carbons (Fsp3) is 0.519. The van der Waals surface area contributed by atoms with Gasteiger partial charge < -0.3 is 16.2 Å². The van der Waals surface area contributed by atoms with Gasteiger partial charge in [0.25, 0.3) is 0 Å². The first kappa shape index (κ1) is 23.7. The average Bonchev–Trinajstić information content (AvgIpc) is 3.24. The molecule has 5 nitrogen and oxygen atoms in total. The zero-order valence-electron chi connectivity index (χ0n) is 19.7. The highest BCUT2D eigenvalue weighted by molar-refractivity contribution is 5.81. The highest BCUT2D eigenvalue weighted by Crippen LogP contribution is 2.43. The van der Waals surface area contributed by atoms with E-state index >= 15 is 0 Å². The summed E-state index contributed by atoms with van der Waals surface area (Å²) in [5, 5.41) is 12.3. The van der Waals surface area contributed by atoms with E-state index in [1.807, 2.05) is 6.07 Å². The molecule has 1 heterocycles. The summed E-state index contributed by atoms with van der Waals surface area (Å²) in [4.78, 5) is 14.2. The van der Waals surface area contributed by atoms with E-state index in [-0.39, 0.29) is 11.7 Å². The van der Waals surface area contributed by atoms with Crippen molar-refractivity contribution in [2.45, 2.75) is 64.1 Å². The Morgan fingerprint density at radius 1 is 1.27 bits per heavy atom. The van der Waals surface area contributed by atoms with Crippen LogP contribution in [0.2, 0.25) is 0 Å². The minimum absolute atomic E-state index is 0.138. The molecule has 1 amide bonds. The molecule has 1 saturated carbocycles. The molecule has 33 heavy (non-hydrogen) atoms. The number of nitrogens with one attached hydrogen (secondary N) is 1. The second-order valence-corrected chi connectivity index (χ2v) is 9.83. The first-order valence-corrected chi connectivity index (χ1v) is 12.2. The van der Waals surface area contributed by atoms with E-state index in [1.165, 1.54) is 24.5 Å². The summed E-state index contributed by atoms with van der Waals surface area (Å²) in [6, 6.07) is 11.4. The van der Waals surface area contributed by atoms with Crippen molar-refractivity contribution in [1.82, 2.24) is 10.2 Å². The lowest BCUT2D eigenvalue weighted by molar-refractivity contribution is -0.121. The third kappa shape index (κ3) is 5.22. The zero-order valence-corrected chi connectivity index (χ0v) is 19.7. The van der Waals surface area contributed by atoms with Gasteiger partial charge >= 0.3 is 0 Å². The quantitative estimate of drug-likeness (QED) is 0.591. The normalized spacial score (nSPS) is 23.8. The maximum absolute atomic E-state index is 14.3. The van der Waals surface area contributed by atoms with Crippen molar-refractivity contribution in [2.75, 3.05) is 13.6 Å². The van der Waals surface area contributed by atoms with Crippen LogP contribution in [0.5, 0.6) is 5.75 Å². The highest BCUT2D eigenvalue weighted by atomic mass is 19.1. The number of halogens is 1. The van der Waals surface area contributed by atoms with Gasteiger partial charge in [0, 0.05) is 32.2 Å². The van der Waals surface area contributed by atoms with E-state index < -0.39 is 11.9 Å². The summed E-state index contributed by atoms with van der Waals surface area (Å²) in [7, 11) is 1.61. The van der Waals surface area contributed by atoms with Gasteiger partial charge in [0.1, 0.15) is 0 Å². The number of carbonyl (C=O) groups is 1. The molecule has 1 aliphatic carbocycles. The van der Waals surface area contributed by atoms with Gasteiger partial charge in [0.05, 0.1) is 6.04 Å². The molecule has 2 unspecified atom stereocenters. The van der Waals surface area contributed by atoms with Gasteiger partial charge in [-0.05, 0) is 66.2 Å². The first-order valence-electron chi connectivity index (χ1n) is 12.2. The van der Waals surface area contributed by atoms with Crippen molar-refractivity contribution in [1.29, 1.82) is 0 Å². The molecule has 6 heteroatoms. The van der Waals surface area contributed by atoms with E-state index in [1.54, 1.807) is 7.05 Å². The van der Waals surface area contributed by atoms with E-state index in [0.717, 1.165) is 37.1 Å². The predicted molar refractivity (Wildman–Crippen MR) is 128 cm³/mol. The maximum Gasteiger partial charge on any atom is 0.237 e. The van der Waals surface area contributed by atoms with E-state index in [2.05, 4.69) is 41.4 Å². The second kappa shape index (κ2) is 10.2. The van der Waals surface area contributed by atoms with Gasteiger partial charge in [-0.3, -0.25) is 9.69 Å². The monoisotopic (exact) mass is 453 g/mol. The van der Waals surface area contributed by atoms with Crippen LogP contribution in [0.3, 0.4) is 0 Å². The molecule has 2 aromatic rings. The summed E-state index contributed by atoms with van der Waals surface area (Å²) in [6.07, 6.45) is 5.19. The molecule has 0 spiro atoms. The minimum Gasteiger partial charge on any atom is -0.505 e. The van der Waals surface area contributed by atoms with Gasteiger partial charge in [0.2, 0.25) is 5.91 Å². The topological polar surface area (TPSA) is 78.6 Å². The number of hydrogen-bond donors (Lipinski definition) is 3. The van der Waals surface area contributed by atoms with Gasteiger partial charge in [-0.2, -0.15) is 0 Å². The van der Waals surface area contributed by atoms with E-state index in [0.29, 0.717) is 36.3 Å². The van der Waals surface area contributed by atoms with Crippen LogP contribution >= 0.6 is 0 Å². The van der Waals surface area contributed by atoms with Crippen molar-refractivity contribution in [2.24, 2.45) is 17.6 Å². The van der Waals surface area contributed by atoms with Crippen LogP contribution in [0.1, 0.15) is 60.8 Å². The Morgan fingerprint density at radius 2 is 2.09 bits per heavy atom. The van der Waals surface area contributed by atoms with Crippen molar-refractivity contribution in [3.8, 4) is 5.75 Å². The Hall–Kier alpha value is -2.44. The van der Waals surface area contributed by atoms with Crippen LogP contribution in [-0.2, 0) is 24.3 Å². The Labute approximate surface area is 196 Å². The molecule has 2 aliphatic rings. The summed E-state index contributed by atoms with van der Waals surface area (Å²) >= 11 is 0. The standard InChI is InChI=1S/C27H36FN3O2/c1-3-19-8-7-18(14-31-15-21-9-10-25(32)26(28)23(21)16-31)12-22(19)20-6-4-5-17(11-20)13-24(29)27(33)30-2/h4-6,9-11,18-19,22,24,32H,3,7-8,12-16,29H2,1-2H3,(H,30,33)/t18?,19-,22?,24-/m0/s1. The molecule has 2 aromatic carbocycles. The first-order chi connectivity index (χ1) is 15.9. The largest absolute Gasteiger partial charge is 0.505 e. The number of likely N-dealkylation sites (N-methyl/N-ethyl adjacent to an activating group) is 1. The van der Waals surface area contributed by atoms with Crippen LogP contribution in [0.4, 0.5) is 4.39 Å². The summed E-state index contributed by atoms with van der Waals surface area (Å²) in [6.45, 7) is 4.54. The van der Waals surface area contributed by atoms with Crippen molar-refractivity contribution in [3.05, 3.63) is 64.5 Å². The molecule has 1 fully saturated rings. The van der Waals surface area contributed by atoms with Gasteiger partial charge in [-0.25, -0.2) is 4.39 Å². The van der Waals surface area contributed by atoms with Crippen LogP contribution in [0.15, 0.2) is 36.4 Å². The predicted octanol–water partition coefficient (Wildman–Crippen LogP) is 4.07. The highest BCUT2D eigenvalue weighted by Gasteiger charge is 2.33. The number of benzene rings is 2. The molecule has 1 aliphatic heterocycles. The Bertz CT molecular complexity index is 995. The number of nitrogens with two attached hydrogens (primary N) is 1. The summed E-state index contributed by atoms with van der Waals surface area (Å²) in [5.41, 5.74) is 10.1. The molecule has 0 aromatic heterocycles. The molecule has 4 N–H and O–H groups in total.